The molecule has 1 aliphatic rings. The summed E-state index contributed by atoms with van der Waals surface area (Å²) in [6.07, 6.45) is 1.48. The topological polar surface area (TPSA) is 71.9 Å². The highest BCUT2D eigenvalue weighted by molar-refractivity contribution is 5.27. The number of aromatic amines is 1. The fourth-order valence-corrected chi connectivity index (χ4v) is 3.00. The lowest BCUT2D eigenvalue weighted by Gasteiger charge is -2.35. The molecule has 2 aromatic rings. The molecular formula is C14H21FN6O. The maximum absolute atomic E-state index is 12.6. The molecule has 22 heavy (non-hydrogen) atoms. The molecule has 1 fully saturated rings. The fourth-order valence-electron chi connectivity index (χ4n) is 3.00. The van der Waals surface area contributed by atoms with E-state index in [0.29, 0.717) is 19.8 Å². The second-order valence-corrected chi connectivity index (χ2v) is 5.50. The van der Waals surface area contributed by atoms with Gasteiger partial charge in [-0.05, 0) is 13.8 Å². The van der Waals surface area contributed by atoms with Crippen molar-refractivity contribution in [1.82, 2.24) is 29.9 Å². The van der Waals surface area contributed by atoms with Gasteiger partial charge in [-0.25, -0.2) is 14.1 Å². The number of aromatic nitrogens is 5. The Bertz CT molecular complexity index is 605. The van der Waals surface area contributed by atoms with E-state index in [-0.39, 0.29) is 12.6 Å². The molecule has 0 amide bonds. The first-order valence-electron chi connectivity index (χ1n) is 7.46. The first-order valence-corrected chi connectivity index (χ1v) is 7.46. The average molecular weight is 308 g/mol. The number of nitrogens with one attached hydrogen (secondary N) is 1. The minimum Gasteiger partial charge on any atom is -0.378 e. The van der Waals surface area contributed by atoms with E-state index in [1.165, 1.54) is 11.9 Å². The maximum Gasteiger partial charge on any atom is 0.141 e. The van der Waals surface area contributed by atoms with Crippen molar-refractivity contribution in [2.75, 3.05) is 26.4 Å². The van der Waals surface area contributed by atoms with E-state index in [1.807, 2.05) is 13.8 Å². The maximum atomic E-state index is 12.6. The molecule has 1 saturated heterocycles. The van der Waals surface area contributed by atoms with Gasteiger partial charge in [-0.15, -0.1) is 0 Å². The molecule has 0 aliphatic carbocycles. The van der Waals surface area contributed by atoms with Crippen molar-refractivity contribution in [1.29, 1.82) is 0 Å². The third-order valence-electron chi connectivity index (χ3n) is 4.09. The lowest BCUT2D eigenvalue weighted by atomic mass is 10.0. The Labute approximate surface area is 128 Å². The number of alkyl halides is 1. The van der Waals surface area contributed by atoms with Gasteiger partial charge >= 0.3 is 0 Å². The number of aryl methyl sites for hydroxylation is 3. The zero-order valence-electron chi connectivity index (χ0n) is 12.9. The molecule has 3 rings (SSSR count). The van der Waals surface area contributed by atoms with Crippen LogP contribution in [0.1, 0.15) is 28.8 Å². The molecule has 0 spiro atoms. The van der Waals surface area contributed by atoms with E-state index in [0.717, 1.165) is 23.8 Å². The van der Waals surface area contributed by atoms with E-state index in [2.05, 4.69) is 25.2 Å². The zero-order chi connectivity index (χ0) is 15.5. The molecule has 3 heterocycles. The van der Waals surface area contributed by atoms with Crippen molar-refractivity contribution in [2.24, 2.45) is 0 Å². The smallest absolute Gasteiger partial charge is 0.141 e. The van der Waals surface area contributed by atoms with Crippen molar-refractivity contribution in [3.05, 3.63) is 29.1 Å². The summed E-state index contributed by atoms with van der Waals surface area (Å²) >= 11 is 0. The average Bonchev–Trinajstić information content (AvgIpc) is 3.08. The van der Waals surface area contributed by atoms with Gasteiger partial charge < -0.3 is 4.74 Å². The SMILES string of the molecule is Cc1n[nH]c(C)c1C1COCCN1Cc1ncnn1CCF. The predicted octanol–water partition coefficient (Wildman–Crippen LogP) is 1.16. The van der Waals surface area contributed by atoms with Crippen molar-refractivity contribution >= 4 is 0 Å². The highest BCUT2D eigenvalue weighted by Crippen LogP contribution is 2.29. The van der Waals surface area contributed by atoms with Crippen LogP contribution in [0.15, 0.2) is 6.33 Å². The minimum atomic E-state index is -0.442. The Morgan fingerprint density at radius 2 is 2.32 bits per heavy atom. The molecule has 0 aromatic carbocycles. The van der Waals surface area contributed by atoms with Gasteiger partial charge in [0.2, 0.25) is 0 Å². The van der Waals surface area contributed by atoms with E-state index in [1.54, 1.807) is 4.68 Å². The molecular weight excluding hydrogens is 287 g/mol. The van der Waals surface area contributed by atoms with Crippen LogP contribution < -0.4 is 0 Å². The number of ether oxygens (including phenoxy) is 1. The Morgan fingerprint density at radius 1 is 1.45 bits per heavy atom. The Kier molecular flexibility index (Phi) is 4.49. The Hall–Kier alpha value is -1.80. The first kappa shape index (κ1) is 15.1. The van der Waals surface area contributed by atoms with Gasteiger partial charge in [-0.3, -0.25) is 10.00 Å². The zero-order valence-corrected chi connectivity index (χ0v) is 12.9. The fraction of sp³-hybridized carbons (Fsp3) is 0.643. The van der Waals surface area contributed by atoms with Crippen molar-refractivity contribution < 1.29 is 9.13 Å². The van der Waals surface area contributed by atoms with Crippen molar-refractivity contribution in [3.8, 4) is 0 Å². The van der Waals surface area contributed by atoms with E-state index in [9.17, 15) is 4.39 Å². The number of hydrogen-bond donors (Lipinski definition) is 1. The molecule has 0 radical (unpaired) electrons. The number of morpholine rings is 1. The normalized spacial score (nSPS) is 19.7. The van der Waals surface area contributed by atoms with E-state index >= 15 is 0 Å². The number of halogens is 1. The van der Waals surface area contributed by atoms with Crippen LogP contribution in [0.3, 0.4) is 0 Å². The summed E-state index contributed by atoms with van der Waals surface area (Å²) in [4.78, 5) is 6.57. The van der Waals surface area contributed by atoms with Crippen LogP contribution in [0.25, 0.3) is 0 Å². The number of nitrogens with zero attached hydrogens (tertiary/aromatic N) is 5. The number of hydrogen-bond acceptors (Lipinski definition) is 5. The molecule has 0 bridgehead atoms. The summed E-state index contributed by atoms with van der Waals surface area (Å²) in [6.45, 7) is 6.55. The van der Waals surface area contributed by atoms with Gasteiger partial charge in [-0.2, -0.15) is 10.2 Å². The first-order chi connectivity index (χ1) is 10.7. The van der Waals surface area contributed by atoms with Crippen molar-refractivity contribution in [2.45, 2.75) is 33.0 Å². The van der Waals surface area contributed by atoms with Gasteiger partial charge in [0, 0.05) is 17.8 Å². The molecule has 120 valence electrons. The number of rotatable bonds is 5. The predicted molar refractivity (Wildman–Crippen MR) is 78.0 cm³/mol. The molecule has 1 aliphatic heterocycles. The van der Waals surface area contributed by atoms with Crippen molar-refractivity contribution in [3.63, 3.8) is 0 Å². The lowest BCUT2D eigenvalue weighted by molar-refractivity contribution is -0.0148. The quantitative estimate of drug-likeness (QED) is 0.897. The monoisotopic (exact) mass is 308 g/mol. The van der Waals surface area contributed by atoms with Gasteiger partial charge in [0.15, 0.2) is 0 Å². The molecule has 1 N–H and O–H groups in total. The summed E-state index contributed by atoms with van der Waals surface area (Å²) in [5.74, 6) is 0.781. The van der Waals surface area contributed by atoms with Crippen LogP contribution in [-0.2, 0) is 17.8 Å². The van der Waals surface area contributed by atoms with E-state index < -0.39 is 6.67 Å². The Morgan fingerprint density at radius 3 is 3.05 bits per heavy atom. The Balaban J connectivity index is 1.82. The van der Waals surface area contributed by atoms with Crippen LogP contribution in [0, 0.1) is 13.8 Å². The van der Waals surface area contributed by atoms with Crippen LogP contribution in [-0.4, -0.2) is 56.3 Å². The van der Waals surface area contributed by atoms with Gasteiger partial charge in [0.1, 0.15) is 18.8 Å². The van der Waals surface area contributed by atoms with Gasteiger partial charge in [0.05, 0.1) is 38.0 Å². The van der Waals surface area contributed by atoms with Crippen LogP contribution >= 0.6 is 0 Å². The summed E-state index contributed by atoms with van der Waals surface area (Å²) in [7, 11) is 0. The van der Waals surface area contributed by atoms with Crippen LogP contribution in [0.4, 0.5) is 4.39 Å². The molecule has 2 aromatic heterocycles. The van der Waals surface area contributed by atoms with Gasteiger partial charge in [0.25, 0.3) is 0 Å². The third kappa shape index (κ3) is 2.89. The van der Waals surface area contributed by atoms with Crippen LogP contribution in [0.5, 0.6) is 0 Å². The minimum absolute atomic E-state index is 0.128. The summed E-state index contributed by atoms with van der Waals surface area (Å²) < 4.78 is 19.9. The highest BCUT2D eigenvalue weighted by Gasteiger charge is 2.29. The molecule has 1 unspecified atom stereocenters. The van der Waals surface area contributed by atoms with Gasteiger partial charge in [-0.1, -0.05) is 0 Å². The standard InChI is InChI=1S/C14H21FN6O/c1-10-14(11(2)19-18-10)12-8-22-6-5-20(12)7-13-16-9-17-21(13)4-3-15/h9,12H,3-8H2,1-2H3,(H,18,19). The van der Waals surface area contributed by atoms with E-state index in [4.69, 9.17) is 4.74 Å². The number of H-pyrrole nitrogens is 1. The molecule has 8 heteroatoms. The third-order valence-corrected chi connectivity index (χ3v) is 4.09. The second-order valence-electron chi connectivity index (χ2n) is 5.50. The summed E-state index contributed by atoms with van der Waals surface area (Å²) in [5.41, 5.74) is 3.22. The second kappa shape index (κ2) is 6.53. The molecule has 0 saturated carbocycles. The molecule has 1 atom stereocenters. The largest absolute Gasteiger partial charge is 0.378 e. The lowest BCUT2D eigenvalue weighted by Crippen LogP contribution is -2.40. The van der Waals surface area contributed by atoms with Crippen LogP contribution in [0.2, 0.25) is 0 Å². The summed E-state index contributed by atoms with van der Waals surface area (Å²) in [5, 5.41) is 11.4. The highest BCUT2D eigenvalue weighted by atomic mass is 19.1. The molecule has 7 nitrogen and oxygen atoms in total. The summed E-state index contributed by atoms with van der Waals surface area (Å²) in [6, 6.07) is 0.128.